The number of H-pyrrole nitrogens is 1. The molecule has 2 rings (SSSR count). The van der Waals surface area contributed by atoms with Crippen molar-refractivity contribution in [3.63, 3.8) is 0 Å². The van der Waals surface area contributed by atoms with E-state index in [1.54, 1.807) is 14.2 Å². The summed E-state index contributed by atoms with van der Waals surface area (Å²) in [6.45, 7) is 2.31. The third-order valence-corrected chi connectivity index (χ3v) is 3.21. The van der Waals surface area contributed by atoms with Crippen LogP contribution in [0.4, 0.5) is 0 Å². The van der Waals surface area contributed by atoms with Gasteiger partial charge in [0, 0.05) is 12.2 Å². The van der Waals surface area contributed by atoms with Crippen LogP contribution in [0, 0.1) is 6.92 Å². The molecule has 0 saturated heterocycles. The molecule has 0 aliphatic rings. The Kier molecular flexibility index (Phi) is 4.81. The van der Waals surface area contributed by atoms with Crippen LogP contribution in [0.3, 0.4) is 0 Å². The number of benzene rings is 1. The van der Waals surface area contributed by atoms with Crippen LogP contribution in [0.15, 0.2) is 24.5 Å². The molecule has 1 aromatic carbocycles. The van der Waals surface area contributed by atoms with Gasteiger partial charge in [0.15, 0.2) is 0 Å². The van der Waals surface area contributed by atoms with E-state index in [1.807, 2.05) is 25.1 Å². The van der Waals surface area contributed by atoms with Crippen molar-refractivity contribution in [1.29, 1.82) is 0 Å². The molecule has 1 heterocycles. The molecular weight excluding hydrogens is 270 g/mol. The molecule has 0 fully saturated rings. The van der Waals surface area contributed by atoms with E-state index in [2.05, 4.69) is 15.3 Å². The van der Waals surface area contributed by atoms with Crippen LogP contribution in [0.2, 0.25) is 0 Å². The van der Waals surface area contributed by atoms with Crippen molar-refractivity contribution in [2.24, 2.45) is 0 Å². The Hall–Kier alpha value is -2.50. The maximum Gasteiger partial charge on any atom is 0.271 e. The van der Waals surface area contributed by atoms with Crippen molar-refractivity contribution in [3.8, 4) is 11.5 Å². The van der Waals surface area contributed by atoms with Gasteiger partial charge in [-0.25, -0.2) is 4.98 Å². The number of aryl methyl sites for hydroxylation is 1. The lowest BCUT2D eigenvalue weighted by molar-refractivity contribution is 0.0949. The normalized spacial score (nSPS) is 10.2. The van der Waals surface area contributed by atoms with E-state index < -0.39 is 0 Å². The minimum absolute atomic E-state index is 0.185. The third kappa shape index (κ3) is 3.53. The number of nitrogens with zero attached hydrogens (tertiary/aromatic N) is 1. The number of nitrogens with one attached hydrogen (secondary N) is 2. The van der Waals surface area contributed by atoms with Crippen LogP contribution in [0.5, 0.6) is 11.5 Å². The summed E-state index contributed by atoms with van der Waals surface area (Å²) in [4.78, 5) is 18.8. The van der Waals surface area contributed by atoms with Crippen molar-refractivity contribution in [3.05, 3.63) is 41.5 Å². The predicted molar refractivity (Wildman–Crippen MR) is 78.9 cm³/mol. The average molecular weight is 289 g/mol. The Morgan fingerprint density at radius 2 is 2.14 bits per heavy atom. The first kappa shape index (κ1) is 14.9. The van der Waals surface area contributed by atoms with E-state index in [0.717, 1.165) is 22.8 Å². The number of carbonyl (C=O) groups excluding carboxylic acids is 1. The number of rotatable bonds is 6. The number of aromatic amines is 1. The van der Waals surface area contributed by atoms with Gasteiger partial charge in [0.1, 0.15) is 17.2 Å². The fourth-order valence-corrected chi connectivity index (χ4v) is 2.06. The molecule has 0 unspecified atom stereocenters. The number of hydrogen-bond donors (Lipinski definition) is 2. The van der Waals surface area contributed by atoms with Crippen molar-refractivity contribution < 1.29 is 14.3 Å². The molecule has 21 heavy (non-hydrogen) atoms. The van der Waals surface area contributed by atoms with Crippen LogP contribution >= 0.6 is 0 Å². The summed E-state index contributed by atoms with van der Waals surface area (Å²) >= 11 is 0. The van der Waals surface area contributed by atoms with Gasteiger partial charge in [-0.1, -0.05) is 0 Å². The average Bonchev–Trinajstić information content (AvgIpc) is 2.93. The molecule has 2 N–H and O–H groups in total. The number of methoxy groups -OCH3 is 2. The largest absolute Gasteiger partial charge is 0.497 e. The van der Waals surface area contributed by atoms with Gasteiger partial charge >= 0.3 is 0 Å². The molecule has 2 aromatic rings. The second-order valence-corrected chi connectivity index (χ2v) is 4.56. The third-order valence-electron chi connectivity index (χ3n) is 3.21. The minimum Gasteiger partial charge on any atom is -0.497 e. The zero-order chi connectivity index (χ0) is 15.2. The van der Waals surface area contributed by atoms with Gasteiger partial charge in [-0.2, -0.15) is 0 Å². The summed E-state index contributed by atoms with van der Waals surface area (Å²) in [6.07, 6.45) is 2.16. The number of ether oxygens (including phenoxy) is 2. The summed E-state index contributed by atoms with van der Waals surface area (Å²) in [5.74, 6) is 1.36. The summed E-state index contributed by atoms with van der Waals surface area (Å²) in [5, 5.41) is 2.85. The van der Waals surface area contributed by atoms with E-state index >= 15 is 0 Å². The fourth-order valence-electron chi connectivity index (χ4n) is 2.06. The van der Waals surface area contributed by atoms with Crippen molar-refractivity contribution in [1.82, 2.24) is 15.3 Å². The van der Waals surface area contributed by atoms with E-state index in [-0.39, 0.29) is 5.91 Å². The fraction of sp³-hybridized carbons (Fsp3) is 0.333. The highest BCUT2D eigenvalue weighted by Crippen LogP contribution is 2.24. The molecule has 1 aromatic heterocycles. The monoisotopic (exact) mass is 289 g/mol. The highest BCUT2D eigenvalue weighted by Gasteiger charge is 2.11. The molecule has 0 aliphatic carbocycles. The molecule has 6 nitrogen and oxygen atoms in total. The van der Waals surface area contributed by atoms with Gasteiger partial charge in [0.05, 0.1) is 20.5 Å². The molecule has 112 valence electrons. The van der Waals surface area contributed by atoms with Gasteiger partial charge in [0.25, 0.3) is 5.91 Å². The van der Waals surface area contributed by atoms with E-state index in [9.17, 15) is 4.79 Å². The Balaban J connectivity index is 1.97. The number of imidazole rings is 1. The Labute approximate surface area is 123 Å². The molecule has 0 saturated carbocycles. The van der Waals surface area contributed by atoms with E-state index in [1.165, 1.54) is 6.33 Å². The van der Waals surface area contributed by atoms with Gasteiger partial charge in [-0.05, 0) is 37.1 Å². The molecule has 1 amide bonds. The van der Waals surface area contributed by atoms with Crippen LogP contribution in [0.1, 0.15) is 21.7 Å². The molecule has 0 bridgehead atoms. The summed E-state index contributed by atoms with van der Waals surface area (Å²) in [5.41, 5.74) is 2.16. The first-order chi connectivity index (χ1) is 10.2. The van der Waals surface area contributed by atoms with Crippen LogP contribution in [-0.2, 0) is 6.42 Å². The zero-order valence-electron chi connectivity index (χ0n) is 12.4. The molecule has 0 radical (unpaired) electrons. The Morgan fingerprint density at radius 3 is 2.76 bits per heavy atom. The van der Waals surface area contributed by atoms with Crippen LogP contribution < -0.4 is 14.8 Å². The SMILES string of the molecule is COc1ccc(OC)c(CCNC(=O)c2nc[nH]c2C)c1. The maximum atomic E-state index is 11.9. The molecule has 6 heteroatoms. The Bertz CT molecular complexity index is 622. The molecule has 0 spiro atoms. The van der Waals surface area contributed by atoms with Gasteiger partial charge in [0.2, 0.25) is 0 Å². The smallest absolute Gasteiger partial charge is 0.271 e. The van der Waals surface area contributed by atoms with E-state index in [0.29, 0.717) is 18.7 Å². The first-order valence-corrected chi connectivity index (χ1v) is 6.64. The second-order valence-electron chi connectivity index (χ2n) is 4.56. The molecule has 0 aliphatic heterocycles. The summed E-state index contributed by atoms with van der Waals surface area (Å²) < 4.78 is 10.5. The summed E-state index contributed by atoms with van der Waals surface area (Å²) in [6, 6.07) is 5.60. The van der Waals surface area contributed by atoms with Crippen molar-refractivity contribution in [2.75, 3.05) is 20.8 Å². The number of carbonyl (C=O) groups is 1. The highest BCUT2D eigenvalue weighted by molar-refractivity contribution is 5.93. The Morgan fingerprint density at radius 1 is 1.33 bits per heavy atom. The van der Waals surface area contributed by atoms with Gasteiger partial charge < -0.3 is 19.8 Å². The minimum atomic E-state index is -0.185. The molecule has 0 atom stereocenters. The number of amides is 1. The maximum absolute atomic E-state index is 11.9. The lowest BCUT2D eigenvalue weighted by Gasteiger charge is -2.11. The van der Waals surface area contributed by atoms with Gasteiger partial charge in [-0.3, -0.25) is 4.79 Å². The highest BCUT2D eigenvalue weighted by atomic mass is 16.5. The lowest BCUT2D eigenvalue weighted by Crippen LogP contribution is -2.26. The topological polar surface area (TPSA) is 76.2 Å². The zero-order valence-corrected chi connectivity index (χ0v) is 12.4. The standard InChI is InChI=1S/C15H19N3O3/c1-10-14(18-9-17-10)15(19)16-7-6-11-8-12(20-2)4-5-13(11)21-3/h4-5,8-9H,6-7H2,1-3H3,(H,16,19)(H,17,18). The van der Waals surface area contributed by atoms with Crippen molar-refractivity contribution in [2.45, 2.75) is 13.3 Å². The molecular formula is C15H19N3O3. The van der Waals surface area contributed by atoms with Crippen LogP contribution in [-0.4, -0.2) is 36.6 Å². The number of hydrogen-bond acceptors (Lipinski definition) is 4. The quantitative estimate of drug-likeness (QED) is 0.848. The van der Waals surface area contributed by atoms with Crippen molar-refractivity contribution >= 4 is 5.91 Å². The first-order valence-electron chi connectivity index (χ1n) is 6.64. The summed E-state index contributed by atoms with van der Waals surface area (Å²) in [7, 11) is 3.24. The van der Waals surface area contributed by atoms with E-state index in [4.69, 9.17) is 9.47 Å². The van der Waals surface area contributed by atoms with Gasteiger partial charge in [-0.15, -0.1) is 0 Å². The predicted octanol–water partition coefficient (Wildman–Crippen LogP) is 1.71. The number of aromatic nitrogens is 2. The van der Waals surface area contributed by atoms with Crippen LogP contribution in [0.25, 0.3) is 0 Å². The lowest BCUT2D eigenvalue weighted by atomic mass is 10.1. The second kappa shape index (κ2) is 6.78.